The lowest BCUT2D eigenvalue weighted by atomic mass is 10.1. The van der Waals surface area contributed by atoms with Gasteiger partial charge in [-0.15, -0.1) is 0 Å². The van der Waals surface area contributed by atoms with Gasteiger partial charge in [0.25, 0.3) is 0 Å². The van der Waals surface area contributed by atoms with Crippen LogP contribution in [0.25, 0.3) is 0 Å². The van der Waals surface area contributed by atoms with Gasteiger partial charge in [-0.2, -0.15) is 4.31 Å². The molecule has 162 valence electrons. The maximum atomic E-state index is 13.1. The average molecular weight is 430 g/mol. The molecule has 2 aromatic rings. The Hall–Kier alpha value is -2.22. The molecule has 30 heavy (non-hydrogen) atoms. The second-order valence-corrected chi connectivity index (χ2v) is 9.93. The van der Waals surface area contributed by atoms with Gasteiger partial charge in [0.2, 0.25) is 15.9 Å². The fraction of sp³-hybridized carbons (Fsp3) is 0.435. The van der Waals surface area contributed by atoms with Crippen LogP contribution >= 0.6 is 0 Å². The third-order valence-electron chi connectivity index (χ3n) is 5.81. The summed E-state index contributed by atoms with van der Waals surface area (Å²) >= 11 is 0. The van der Waals surface area contributed by atoms with Gasteiger partial charge in [0.15, 0.2) is 0 Å². The summed E-state index contributed by atoms with van der Waals surface area (Å²) in [6, 6.07) is 14.9. The number of rotatable bonds is 6. The van der Waals surface area contributed by atoms with E-state index in [0.29, 0.717) is 31.1 Å². The van der Waals surface area contributed by atoms with Gasteiger partial charge < -0.3 is 5.32 Å². The summed E-state index contributed by atoms with van der Waals surface area (Å²) in [6.07, 6.45) is 0. The van der Waals surface area contributed by atoms with Crippen LogP contribution in [-0.4, -0.2) is 55.8 Å². The van der Waals surface area contributed by atoms with Crippen molar-refractivity contribution < 1.29 is 13.2 Å². The van der Waals surface area contributed by atoms with E-state index in [9.17, 15) is 13.2 Å². The van der Waals surface area contributed by atoms with Crippen LogP contribution in [0.1, 0.15) is 36.6 Å². The second kappa shape index (κ2) is 9.29. The first kappa shape index (κ1) is 22.5. The smallest absolute Gasteiger partial charge is 0.243 e. The Morgan fingerprint density at radius 1 is 0.967 bits per heavy atom. The van der Waals surface area contributed by atoms with Crippen molar-refractivity contribution in [1.29, 1.82) is 0 Å². The molecule has 1 aliphatic heterocycles. The van der Waals surface area contributed by atoms with Crippen LogP contribution in [-0.2, 0) is 14.8 Å². The number of amides is 1. The molecule has 1 amide bonds. The number of piperazine rings is 1. The fourth-order valence-corrected chi connectivity index (χ4v) is 5.51. The Bertz CT molecular complexity index is 984. The number of aryl methyl sites for hydroxylation is 2. The molecule has 2 unspecified atom stereocenters. The highest BCUT2D eigenvalue weighted by Crippen LogP contribution is 2.22. The topological polar surface area (TPSA) is 69.7 Å². The van der Waals surface area contributed by atoms with E-state index in [1.165, 1.54) is 4.31 Å². The van der Waals surface area contributed by atoms with Crippen LogP contribution in [0.15, 0.2) is 53.4 Å². The van der Waals surface area contributed by atoms with Crippen LogP contribution in [0, 0.1) is 13.8 Å². The van der Waals surface area contributed by atoms with E-state index in [1.54, 1.807) is 6.07 Å². The molecule has 2 aromatic carbocycles. The van der Waals surface area contributed by atoms with E-state index in [1.807, 2.05) is 75.1 Å². The molecule has 2 atom stereocenters. The highest BCUT2D eigenvalue weighted by Gasteiger charge is 2.32. The van der Waals surface area contributed by atoms with Crippen molar-refractivity contribution in [2.24, 2.45) is 0 Å². The zero-order chi connectivity index (χ0) is 21.9. The van der Waals surface area contributed by atoms with Gasteiger partial charge in [0.05, 0.1) is 17.0 Å². The average Bonchev–Trinajstić information content (AvgIpc) is 2.73. The van der Waals surface area contributed by atoms with Crippen molar-refractivity contribution >= 4 is 15.9 Å². The minimum atomic E-state index is -3.53. The molecule has 1 heterocycles. The fourth-order valence-electron chi connectivity index (χ4n) is 3.88. The Balaban J connectivity index is 1.59. The molecule has 1 N–H and O–H groups in total. The lowest BCUT2D eigenvalue weighted by Crippen LogP contribution is -2.55. The SMILES string of the molecule is Cc1ccc(S(=O)(=O)N2CCN(C(C)C(=O)NC(C)c3ccccc3)CC2)c(C)c1. The molecule has 0 aromatic heterocycles. The van der Waals surface area contributed by atoms with Gasteiger partial charge >= 0.3 is 0 Å². The quantitative estimate of drug-likeness (QED) is 0.767. The first-order valence-electron chi connectivity index (χ1n) is 10.4. The Morgan fingerprint density at radius 2 is 1.60 bits per heavy atom. The van der Waals surface area contributed by atoms with Crippen molar-refractivity contribution in [3.8, 4) is 0 Å². The van der Waals surface area contributed by atoms with Crippen LogP contribution in [0.5, 0.6) is 0 Å². The summed E-state index contributed by atoms with van der Waals surface area (Å²) in [5, 5.41) is 3.06. The standard InChI is InChI=1S/C23H31N3O3S/c1-17-10-11-22(18(2)16-17)30(28,29)26-14-12-25(13-15-26)20(4)23(27)24-19(3)21-8-6-5-7-9-21/h5-11,16,19-20H,12-15H2,1-4H3,(H,24,27). The van der Waals surface area contributed by atoms with Gasteiger partial charge in [0.1, 0.15) is 0 Å². The molecular formula is C23H31N3O3S. The minimum absolute atomic E-state index is 0.0444. The van der Waals surface area contributed by atoms with E-state index in [-0.39, 0.29) is 18.0 Å². The summed E-state index contributed by atoms with van der Waals surface area (Å²) in [6.45, 7) is 9.43. The first-order chi connectivity index (χ1) is 14.2. The molecule has 0 aliphatic carbocycles. The number of hydrogen-bond acceptors (Lipinski definition) is 4. The highest BCUT2D eigenvalue weighted by molar-refractivity contribution is 7.89. The highest BCUT2D eigenvalue weighted by atomic mass is 32.2. The second-order valence-electron chi connectivity index (χ2n) is 8.03. The molecular weight excluding hydrogens is 398 g/mol. The summed E-state index contributed by atoms with van der Waals surface area (Å²) < 4.78 is 27.6. The molecule has 0 radical (unpaired) electrons. The molecule has 7 heteroatoms. The van der Waals surface area contributed by atoms with Crippen LogP contribution in [0.2, 0.25) is 0 Å². The maximum Gasteiger partial charge on any atom is 0.243 e. The van der Waals surface area contributed by atoms with Crippen LogP contribution in [0.3, 0.4) is 0 Å². The normalized spacial score (nSPS) is 18.0. The summed E-state index contributed by atoms with van der Waals surface area (Å²) in [4.78, 5) is 15.1. The molecule has 0 bridgehead atoms. The number of sulfonamides is 1. The van der Waals surface area contributed by atoms with Crippen molar-refractivity contribution in [1.82, 2.24) is 14.5 Å². The monoisotopic (exact) mass is 429 g/mol. The Morgan fingerprint density at radius 3 is 2.20 bits per heavy atom. The number of carbonyl (C=O) groups is 1. The lowest BCUT2D eigenvalue weighted by Gasteiger charge is -2.37. The molecule has 1 fully saturated rings. The van der Waals surface area contributed by atoms with Crippen LogP contribution < -0.4 is 5.32 Å². The summed E-state index contributed by atoms with van der Waals surface area (Å²) in [7, 11) is -3.53. The van der Waals surface area contributed by atoms with Crippen LogP contribution in [0.4, 0.5) is 0 Å². The summed E-state index contributed by atoms with van der Waals surface area (Å²) in [5.74, 6) is -0.0444. The third-order valence-corrected chi connectivity index (χ3v) is 7.87. The van der Waals surface area contributed by atoms with E-state index in [0.717, 1.165) is 16.7 Å². The largest absolute Gasteiger partial charge is 0.348 e. The molecule has 1 saturated heterocycles. The number of benzene rings is 2. The maximum absolute atomic E-state index is 13.1. The van der Waals surface area contributed by atoms with E-state index >= 15 is 0 Å². The number of hydrogen-bond donors (Lipinski definition) is 1. The number of nitrogens with zero attached hydrogens (tertiary/aromatic N) is 2. The zero-order valence-electron chi connectivity index (χ0n) is 18.1. The zero-order valence-corrected chi connectivity index (χ0v) is 18.9. The molecule has 1 aliphatic rings. The summed E-state index contributed by atoms with van der Waals surface area (Å²) in [5.41, 5.74) is 2.86. The molecule has 3 rings (SSSR count). The number of nitrogens with one attached hydrogen (secondary N) is 1. The predicted molar refractivity (Wildman–Crippen MR) is 119 cm³/mol. The third kappa shape index (κ3) is 4.91. The molecule has 0 saturated carbocycles. The Kier molecular flexibility index (Phi) is 6.95. The van der Waals surface area contributed by atoms with Crippen molar-refractivity contribution in [3.05, 3.63) is 65.2 Å². The van der Waals surface area contributed by atoms with Crippen molar-refractivity contribution in [2.75, 3.05) is 26.2 Å². The molecule has 0 spiro atoms. The van der Waals surface area contributed by atoms with Gasteiger partial charge in [0, 0.05) is 26.2 Å². The Labute approximate surface area is 179 Å². The lowest BCUT2D eigenvalue weighted by molar-refractivity contribution is -0.127. The van der Waals surface area contributed by atoms with Crippen molar-refractivity contribution in [3.63, 3.8) is 0 Å². The van der Waals surface area contributed by atoms with E-state index in [4.69, 9.17) is 0 Å². The van der Waals surface area contributed by atoms with Crippen molar-refractivity contribution in [2.45, 2.75) is 44.7 Å². The van der Waals surface area contributed by atoms with Gasteiger partial charge in [-0.3, -0.25) is 9.69 Å². The predicted octanol–water partition coefficient (Wildman–Crippen LogP) is 2.88. The first-order valence-corrected chi connectivity index (χ1v) is 11.8. The van der Waals surface area contributed by atoms with Gasteiger partial charge in [-0.05, 0) is 44.9 Å². The van der Waals surface area contributed by atoms with Gasteiger partial charge in [-0.1, -0.05) is 48.0 Å². The van der Waals surface area contributed by atoms with E-state index < -0.39 is 10.0 Å². The van der Waals surface area contributed by atoms with Gasteiger partial charge in [-0.25, -0.2) is 8.42 Å². The van der Waals surface area contributed by atoms with E-state index in [2.05, 4.69) is 5.32 Å². The number of carbonyl (C=O) groups excluding carboxylic acids is 1. The molecule has 6 nitrogen and oxygen atoms in total. The minimum Gasteiger partial charge on any atom is -0.348 e.